The molecule has 0 unspecified atom stereocenters. The zero-order chi connectivity index (χ0) is 11.4. The molecule has 16 heavy (non-hydrogen) atoms. The van der Waals surface area contributed by atoms with E-state index in [-0.39, 0.29) is 5.88 Å². The monoisotopic (exact) mass is 222 g/mol. The molecule has 2 heterocycles. The molecule has 0 aromatic carbocycles. The van der Waals surface area contributed by atoms with Crippen LogP contribution in [0.2, 0.25) is 0 Å². The van der Waals surface area contributed by atoms with Gasteiger partial charge in [-0.25, -0.2) is 4.79 Å². The van der Waals surface area contributed by atoms with E-state index in [1.165, 1.54) is 19.3 Å². The maximum absolute atomic E-state index is 10.5. The fourth-order valence-corrected chi connectivity index (χ4v) is 1.76. The van der Waals surface area contributed by atoms with Gasteiger partial charge >= 0.3 is 6.09 Å². The molecule has 0 aliphatic carbocycles. The van der Waals surface area contributed by atoms with Gasteiger partial charge in [0.1, 0.15) is 0 Å². The summed E-state index contributed by atoms with van der Waals surface area (Å²) >= 11 is 0. The largest absolute Gasteiger partial charge is 0.411 e. The number of piperidine rings is 1. The second-order valence-electron chi connectivity index (χ2n) is 3.70. The first-order valence-corrected chi connectivity index (χ1v) is 5.32. The molecule has 0 atom stereocenters. The fraction of sp³-hybridized carbons (Fsp3) is 0.500. The standard InChI is InChI=1S/C10H14N4O2/c11-10(15)16-9-5-4-8(12-13-9)14-6-2-1-3-7-14/h4-5H,1-3,6-7H2,(H2,11,15). The van der Waals surface area contributed by atoms with Crippen LogP contribution in [0.25, 0.3) is 0 Å². The van der Waals surface area contributed by atoms with E-state index in [4.69, 9.17) is 5.73 Å². The lowest BCUT2D eigenvalue weighted by Crippen LogP contribution is -2.30. The van der Waals surface area contributed by atoms with Crippen molar-refractivity contribution in [2.75, 3.05) is 18.0 Å². The Bertz CT molecular complexity index is 360. The molecule has 1 fully saturated rings. The Hall–Kier alpha value is -1.85. The molecule has 0 saturated carbocycles. The topological polar surface area (TPSA) is 81.3 Å². The number of primary amides is 1. The van der Waals surface area contributed by atoms with Crippen molar-refractivity contribution >= 4 is 11.9 Å². The third kappa shape index (κ3) is 2.59. The maximum atomic E-state index is 10.5. The fourth-order valence-electron chi connectivity index (χ4n) is 1.76. The highest BCUT2D eigenvalue weighted by Gasteiger charge is 2.12. The van der Waals surface area contributed by atoms with Gasteiger partial charge in [0.05, 0.1) is 0 Å². The number of ether oxygens (including phenoxy) is 1. The second kappa shape index (κ2) is 4.78. The Kier molecular flexibility index (Phi) is 3.19. The van der Waals surface area contributed by atoms with Gasteiger partial charge in [0, 0.05) is 19.2 Å². The first kappa shape index (κ1) is 10.7. The van der Waals surface area contributed by atoms with Crippen LogP contribution in [0.15, 0.2) is 12.1 Å². The van der Waals surface area contributed by atoms with Crippen LogP contribution >= 0.6 is 0 Å². The molecule has 2 rings (SSSR count). The van der Waals surface area contributed by atoms with Gasteiger partial charge in [-0.3, -0.25) is 0 Å². The molecule has 6 heteroatoms. The van der Waals surface area contributed by atoms with E-state index in [2.05, 4.69) is 19.8 Å². The summed E-state index contributed by atoms with van der Waals surface area (Å²) in [6.07, 6.45) is 2.76. The lowest BCUT2D eigenvalue weighted by Gasteiger charge is -2.27. The number of aromatic nitrogens is 2. The Balaban J connectivity index is 2.03. The number of hydrogen-bond donors (Lipinski definition) is 1. The zero-order valence-electron chi connectivity index (χ0n) is 8.93. The Morgan fingerprint density at radius 1 is 1.25 bits per heavy atom. The van der Waals surface area contributed by atoms with E-state index >= 15 is 0 Å². The molecular formula is C10H14N4O2. The number of nitrogens with two attached hydrogens (primary N) is 1. The average Bonchev–Trinajstić information content (AvgIpc) is 2.30. The summed E-state index contributed by atoms with van der Waals surface area (Å²) in [7, 11) is 0. The van der Waals surface area contributed by atoms with Crippen LogP contribution in [0, 0.1) is 0 Å². The molecule has 0 bridgehead atoms. The third-order valence-corrected chi connectivity index (χ3v) is 2.51. The molecule has 1 aromatic rings. The molecule has 0 spiro atoms. The summed E-state index contributed by atoms with van der Waals surface area (Å²) < 4.78 is 4.60. The molecule has 0 radical (unpaired) electrons. The number of nitrogens with zero attached hydrogens (tertiary/aromatic N) is 3. The lowest BCUT2D eigenvalue weighted by molar-refractivity contribution is 0.208. The van der Waals surface area contributed by atoms with Crippen molar-refractivity contribution in [3.05, 3.63) is 12.1 Å². The van der Waals surface area contributed by atoms with Crippen LogP contribution in [0.3, 0.4) is 0 Å². The van der Waals surface area contributed by atoms with Crippen LogP contribution in [0.1, 0.15) is 19.3 Å². The predicted molar refractivity (Wildman–Crippen MR) is 58.3 cm³/mol. The smallest absolute Gasteiger partial charge is 0.390 e. The predicted octanol–water partition coefficient (Wildman–Crippen LogP) is 0.924. The van der Waals surface area contributed by atoms with Crippen molar-refractivity contribution in [1.29, 1.82) is 0 Å². The van der Waals surface area contributed by atoms with Gasteiger partial charge in [0.15, 0.2) is 5.82 Å². The third-order valence-electron chi connectivity index (χ3n) is 2.51. The molecule has 6 nitrogen and oxygen atoms in total. The SMILES string of the molecule is NC(=O)Oc1ccc(N2CCCCC2)nn1. The van der Waals surface area contributed by atoms with Gasteiger partial charge in [0.25, 0.3) is 0 Å². The van der Waals surface area contributed by atoms with Gasteiger partial charge in [-0.05, 0) is 25.3 Å². The highest BCUT2D eigenvalue weighted by molar-refractivity contribution is 5.67. The van der Waals surface area contributed by atoms with Crippen LogP contribution < -0.4 is 15.4 Å². The van der Waals surface area contributed by atoms with Crippen LogP contribution in [-0.4, -0.2) is 29.4 Å². The number of amides is 1. The van der Waals surface area contributed by atoms with Crippen molar-refractivity contribution in [2.24, 2.45) is 5.73 Å². The van der Waals surface area contributed by atoms with Crippen LogP contribution in [0.4, 0.5) is 10.6 Å². The Morgan fingerprint density at radius 3 is 2.56 bits per heavy atom. The molecule has 86 valence electrons. The average molecular weight is 222 g/mol. The summed E-state index contributed by atoms with van der Waals surface area (Å²) in [5.74, 6) is 0.949. The summed E-state index contributed by atoms with van der Waals surface area (Å²) in [4.78, 5) is 12.6. The zero-order valence-corrected chi connectivity index (χ0v) is 8.93. The van der Waals surface area contributed by atoms with Gasteiger partial charge in [-0.2, -0.15) is 0 Å². The first-order chi connectivity index (χ1) is 7.75. The molecule has 1 amide bonds. The van der Waals surface area contributed by atoms with E-state index in [0.29, 0.717) is 0 Å². The number of rotatable bonds is 2. The van der Waals surface area contributed by atoms with Crippen molar-refractivity contribution < 1.29 is 9.53 Å². The molecule has 1 saturated heterocycles. The molecular weight excluding hydrogens is 208 g/mol. The molecule has 1 aliphatic heterocycles. The van der Waals surface area contributed by atoms with Gasteiger partial charge in [-0.1, -0.05) is 0 Å². The second-order valence-corrected chi connectivity index (χ2v) is 3.70. The van der Waals surface area contributed by atoms with E-state index in [1.54, 1.807) is 12.1 Å². The number of carbonyl (C=O) groups excluding carboxylic acids is 1. The number of anilines is 1. The lowest BCUT2D eigenvalue weighted by atomic mass is 10.1. The molecule has 1 aromatic heterocycles. The Morgan fingerprint density at radius 2 is 2.00 bits per heavy atom. The van der Waals surface area contributed by atoms with E-state index in [0.717, 1.165) is 18.9 Å². The van der Waals surface area contributed by atoms with Crippen LogP contribution in [0.5, 0.6) is 5.88 Å². The number of carbonyl (C=O) groups is 1. The van der Waals surface area contributed by atoms with Crippen molar-refractivity contribution in [3.8, 4) is 5.88 Å². The van der Waals surface area contributed by atoms with Gasteiger partial charge in [0.2, 0.25) is 5.88 Å². The normalized spacial score (nSPS) is 15.9. The van der Waals surface area contributed by atoms with Crippen molar-refractivity contribution in [1.82, 2.24) is 10.2 Å². The van der Waals surface area contributed by atoms with Crippen LogP contribution in [-0.2, 0) is 0 Å². The summed E-state index contributed by atoms with van der Waals surface area (Å²) in [5, 5.41) is 7.78. The minimum Gasteiger partial charge on any atom is -0.390 e. The van der Waals surface area contributed by atoms with Crippen molar-refractivity contribution in [2.45, 2.75) is 19.3 Å². The highest BCUT2D eigenvalue weighted by atomic mass is 16.6. The quantitative estimate of drug-likeness (QED) is 0.804. The first-order valence-electron chi connectivity index (χ1n) is 5.32. The molecule has 1 aliphatic rings. The van der Waals surface area contributed by atoms with E-state index in [9.17, 15) is 4.79 Å². The summed E-state index contributed by atoms with van der Waals surface area (Å²) in [6.45, 7) is 2.01. The highest BCUT2D eigenvalue weighted by Crippen LogP contribution is 2.17. The Labute approximate surface area is 93.4 Å². The minimum atomic E-state index is -0.875. The van der Waals surface area contributed by atoms with E-state index < -0.39 is 6.09 Å². The molecule has 2 N–H and O–H groups in total. The van der Waals surface area contributed by atoms with Crippen molar-refractivity contribution in [3.63, 3.8) is 0 Å². The summed E-state index contributed by atoms with van der Waals surface area (Å²) in [6, 6.07) is 3.39. The van der Waals surface area contributed by atoms with Gasteiger partial charge < -0.3 is 15.4 Å². The van der Waals surface area contributed by atoms with Gasteiger partial charge in [-0.15, -0.1) is 10.2 Å². The summed E-state index contributed by atoms with van der Waals surface area (Å²) in [5.41, 5.74) is 4.87. The van der Waals surface area contributed by atoms with E-state index in [1.807, 2.05) is 0 Å². The maximum Gasteiger partial charge on any atom is 0.411 e. The minimum absolute atomic E-state index is 0.133. The number of hydrogen-bond acceptors (Lipinski definition) is 5.